The molecule has 1 aliphatic heterocycles. The van der Waals surface area contributed by atoms with Crippen LogP contribution >= 0.6 is 23.2 Å². The molecule has 1 aromatic heterocycles. The van der Waals surface area contributed by atoms with Gasteiger partial charge in [0.2, 0.25) is 0 Å². The summed E-state index contributed by atoms with van der Waals surface area (Å²) in [5, 5.41) is 0.608. The van der Waals surface area contributed by atoms with E-state index >= 15 is 0 Å². The standard InChI is InChI=1S/C21H24Cl2N2O2/c1-13(2)11-14-3-5-15(6-4-14)19(26)16-7-9-25(10-8-16)21(27)18-12-17(22)20(23)24-18/h3-6,12-13,16,24H,7-11H2,1-2H3. The zero-order valence-corrected chi connectivity index (χ0v) is 17.1. The van der Waals surface area contributed by atoms with Crippen molar-refractivity contribution < 1.29 is 9.59 Å². The van der Waals surface area contributed by atoms with Crippen LogP contribution in [-0.2, 0) is 6.42 Å². The number of hydrogen-bond acceptors (Lipinski definition) is 2. The number of H-pyrrole nitrogens is 1. The minimum atomic E-state index is -0.132. The van der Waals surface area contributed by atoms with Crippen molar-refractivity contribution in [2.45, 2.75) is 33.1 Å². The first kappa shape index (κ1) is 20.0. The van der Waals surface area contributed by atoms with E-state index in [-0.39, 0.29) is 22.8 Å². The molecule has 2 heterocycles. The Hall–Kier alpha value is -1.78. The maximum absolute atomic E-state index is 12.8. The molecular formula is C21H24Cl2N2O2. The van der Waals surface area contributed by atoms with Crippen molar-refractivity contribution in [3.63, 3.8) is 0 Å². The molecule has 0 aliphatic carbocycles. The van der Waals surface area contributed by atoms with Crippen molar-refractivity contribution in [1.29, 1.82) is 0 Å². The molecular weight excluding hydrogens is 383 g/mol. The second kappa shape index (κ2) is 8.49. The average Bonchev–Trinajstić information content (AvgIpc) is 2.99. The van der Waals surface area contributed by atoms with Crippen LogP contribution in [0.4, 0.5) is 0 Å². The number of halogens is 2. The predicted octanol–water partition coefficient (Wildman–Crippen LogP) is 5.26. The number of carbonyl (C=O) groups is 2. The fourth-order valence-electron chi connectivity index (χ4n) is 3.55. The summed E-state index contributed by atoms with van der Waals surface area (Å²) in [6, 6.07) is 9.50. The molecule has 0 saturated carbocycles. The van der Waals surface area contributed by atoms with Crippen LogP contribution in [0.15, 0.2) is 30.3 Å². The highest BCUT2D eigenvalue weighted by Gasteiger charge is 2.29. The molecule has 4 nitrogen and oxygen atoms in total. The van der Waals surface area contributed by atoms with E-state index < -0.39 is 0 Å². The molecule has 1 saturated heterocycles. The van der Waals surface area contributed by atoms with Gasteiger partial charge in [0.25, 0.3) is 5.91 Å². The highest BCUT2D eigenvalue weighted by Crippen LogP contribution is 2.26. The highest BCUT2D eigenvalue weighted by atomic mass is 35.5. The second-order valence-corrected chi connectivity index (χ2v) is 8.36. The van der Waals surface area contributed by atoms with Gasteiger partial charge >= 0.3 is 0 Å². The van der Waals surface area contributed by atoms with Crippen LogP contribution < -0.4 is 0 Å². The zero-order chi connectivity index (χ0) is 19.6. The third-order valence-electron chi connectivity index (χ3n) is 4.99. The number of nitrogens with zero attached hydrogens (tertiary/aromatic N) is 1. The molecule has 0 unspecified atom stereocenters. The number of piperidine rings is 1. The fourth-order valence-corrected chi connectivity index (χ4v) is 3.86. The number of nitrogens with one attached hydrogen (secondary N) is 1. The second-order valence-electron chi connectivity index (χ2n) is 7.57. The molecule has 3 rings (SSSR count). The van der Waals surface area contributed by atoms with Crippen molar-refractivity contribution in [2.24, 2.45) is 11.8 Å². The van der Waals surface area contributed by atoms with Gasteiger partial charge in [0.15, 0.2) is 5.78 Å². The first-order valence-electron chi connectivity index (χ1n) is 9.31. The topological polar surface area (TPSA) is 53.2 Å². The fraction of sp³-hybridized carbons (Fsp3) is 0.429. The normalized spacial score (nSPS) is 15.4. The van der Waals surface area contributed by atoms with Crippen LogP contribution in [0.25, 0.3) is 0 Å². The van der Waals surface area contributed by atoms with Gasteiger partial charge in [0.05, 0.1) is 5.02 Å². The van der Waals surface area contributed by atoms with Gasteiger partial charge in [-0.05, 0) is 36.8 Å². The summed E-state index contributed by atoms with van der Waals surface area (Å²) in [7, 11) is 0. The smallest absolute Gasteiger partial charge is 0.270 e. The number of amides is 1. The minimum Gasteiger partial charge on any atom is -0.340 e. The third-order valence-corrected chi connectivity index (χ3v) is 5.68. The molecule has 1 fully saturated rings. The quantitative estimate of drug-likeness (QED) is 0.688. The predicted molar refractivity (Wildman–Crippen MR) is 109 cm³/mol. The molecule has 1 aliphatic rings. The molecule has 6 heteroatoms. The van der Waals surface area contributed by atoms with Crippen LogP contribution in [-0.4, -0.2) is 34.7 Å². The molecule has 1 aromatic carbocycles. The Bertz CT molecular complexity index is 800. The van der Waals surface area contributed by atoms with Gasteiger partial charge in [-0.1, -0.05) is 61.3 Å². The Morgan fingerprint density at radius 2 is 1.78 bits per heavy atom. The first-order chi connectivity index (χ1) is 12.8. The number of benzene rings is 1. The molecule has 0 spiro atoms. The molecule has 0 bridgehead atoms. The number of ketones is 1. The van der Waals surface area contributed by atoms with Crippen molar-refractivity contribution in [1.82, 2.24) is 9.88 Å². The Morgan fingerprint density at radius 1 is 1.15 bits per heavy atom. The first-order valence-corrected chi connectivity index (χ1v) is 10.1. The van der Waals surface area contributed by atoms with Crippen LogP contribution in [0.2, 0.25) is 10.2 Å². The SMILES string of the molecule is CC(C)Cc1ccc(C(=O)C2CCN(C(=O)c3cc(Cl)c(Cl)[nH]3)CC2)cc1. The molecule has 1 N–H and O–H groups in total. The van der Waals surface area contributed by atoms with Crippen molar-refractivity contribution >= 4 is 34.9 Å². The Kier molecular flexibility index (Phi) is 6.28. The summed E-state index contributed by atoms with van der Waals surface area (Å²) < 4.78 is 0. The maximum atomic E-state index is 12.8. The van der Waals surface area contributed by atoms with Crippen molar-refractivity contribution in [3.8, 4) is 0 Å². The molecule has 27 heavy (non-hydrogen) atoms. The summed E-state index contributed by atoms with van der Waals surface area (Å²) in [6.45, 7) is 5.47. The van der Waals surface area contributed by atoms with Gasteiger partial charge in [-0.3, -0.25) is 9.59 Å². The van der Waals surface area contributed by atoms with E-state index in [9.17, 15) is 9.59 Å². The number of hydrogen-bond donors (Lipinski definition) is 1. The van der Waals surface area contributed by atoms with E-state index in [1.165, 1.54) is 5.56 Å². The molecule has 144 valence electrons. The molecule has 0 atom stereocenters. The Morgan fingerprint density at radius 3 is 2.30 bits per heavy atom. The highest BCUT2D eigenvalue weighted by molar-refractivity contribution is 6.41. The number of aromatic amines is 1. The summed E-state index contributed by atoms with van der Waals surface area (Å²) >= 11 is 11.8. The van der Waals surface area contributed by atoms with Crippen LogP contribution in [0.5, 0.6) is 0 Å². The average molecular weight is 407 g/mol. The van der Waals surface area contributed by atoms with Crippen molar-refractivity contribution in [2.75, 3.05) is 13.1 Å². The van der Waals surface area contributed by atoms with E-state index in [0.29, 0.717) is 42.6 Å². The van der Waals surface area contributed by atoms with Crippen molar-refractivity contribution in [3.05, 3.63) is 57.3 Å². The molecule has 2 aromatic rings. The third kappa shape index (κ3) is 4.74. The lowest BCUT2D eigenvalue weighted by molar-refractivity contribution is 0.0646. The van der Waals surface area contributed by atoms with Crippen LogP contribution in [0.1, 0.15) is 53.1 Å². The lowest BCUT2D eigenvalue weighted by Crippen LogP contribution is -2.40. The summed E-state index contributed by atoms with van der Waals surface area (Å²) in [4.78, 5) is 29.9. The minimum absolute atomic E-state index is 0.0409. The zero-order valence-electron chi connectivity index (χ0n) is 15.6. The van der Waals surface area contributed by atoms with E-state index in [2.05, 4.69) is 18.8 Å². The number of rotatable bonds is 5. The van der Waals surface area contributed by atoms with E-state index in [1.807, 2.05) is 24.3 Å². The molecule has 0 radical (unpaired) electrons. The maximum Gasteiger partial charge on any atom is 0.270 e. The number of Topliss-reactive ketones (excluding diaryl/α,β-unsaturated/α-hetero) is 1. The lowest BCUT2D eigenvalue weighted by atomic mass is 9.88. The number of likely N-dealkylation sites (tertiary alicyclic amines) is 1. The number of aromatic nitrogens is 1. The van der Waals surface area contributed by atoms with E-state index in [0.717, 1.165) is 12.0 Å². The van der Waals surface area contributed by atoms with Gasteiger partial charge in [-0.15, -0.1) is 0 Å². The van der Waals surface area contributed by atoms with Gasteiger partial charge in [0, 0.05) is 24.6 Å². The Labute approximate surface area is 169 Å². The van der Waals surface area contributed by atoms with Crippen LogP contribution in [0, 0.1) is 11.8 Å². The van der Waals surface area contributed by atoms with Gasteiger partial charge in [-0.25, -0.2) is 0 Å². The summed E-state index contributed by atoms with van der Waals surface area (Å²) in [5.74, 6) is 0.593. The van der Waals surface area contributed by atoms with Gasteiger partial charge in [-0.2, -0.15) is 0 Å². The molecule has 1 amide bonds. The van der Waals surface area contributed by atoms with E-state index in [1.54, 1.807) is 11.0 Å². The van der Waals surface area contributed by atoms with E-state index in [4.69, 9.17) is 23.2 Å². The lowest BCUT2D eigenvalue weighted by Gasteiger charge is -2.31. The monoisotopic (exact) mass is 406 g/mol. The largest absolute Gasteiger partial charge is 0.340 e. The summed E-state index contributed by atoms with van der Waals surface area (Å²) in [6.07, 6.45) is 2.35. The Balaban J connectivity index is 1.58. The summed E-state index contributed by atoms with van der Waals surface area (Å²) in [5.41, 5.74) is 2.40. The van der Waals surface area contributed by atoms with Gasteiger partial charge < -0.3 is 9.88 Å². The van der Waals surface area contributed by atoms with Crippen LogP contribution in [0.3, 0.4) is 0 Å². The van der Waals surface area contributed by atoms with Gasteiger partial charge in [0.1, 0.15) is 10.8 Å². The number of carbonyl (C=O) groups excluding carboxylic acids is 2.